The molecular weight excluding hydrogens is 230 g/mol. The molecule has 98 valence electrons. The summed E-state index contributed by atoms with van der Waals surface area (Å²) in [6.45, 7) is 2.35. The summed E-state index contributed by atoms with van der Waals surface area (Å²) in [5, 5.41) is 0. The highest BCUT2D eigenvalue weighted by Crippen LogP contribution is 2.33. The molecule has 0 radical (unpaired) electrons. The Balaban J connectivity index is 1.85. The van der Waals surface area contributed by atoms with E-state index in [0.29, 0.717) is 12.0 Å². The standard InChI is InChI=1S/C18H21N/c1-14-17(12-15-8-4-3-5-9-15)13-16-10-6-7-11-18(16)19(14)2/h3-11,14,17H,12-13H2,1-2H3. The van der Waals surface area contributed by atoms with E-state index in [9.17, 15) is 0 Å². The molecule has 3 rings (SSSR count). The van der Waals surface area contributed by atoms with Crippen LogP contribution < -0.4 is 4.90 Å². The minimum absolute atomic E-state index is 0.593. The topological polar surface area (TPSA) is 3.24 Å². The fourth-order valence-corrected chi connectivity index (χ4v) is 3.18. The minimum atomic E-state index is 0.593. The largest absolute Gasteiger partial charge is 0.371 e. The predicted octanol–water partition coefficient (Wildman–Crippen LogP) is 3.93. The van der Waals surface area contributed by atoms with Gasteiger partial charge < -0.3 is 4.90 Å². The number of para-hydroxylation sites is 1. The molecule has 2 unspecified atom stereocenters. The number of benzene rings is 2. The van der Waals surface area contributed by atoms with Crippen LogP contribution in [-0.4, -0.2) is 13.1 Å². The third-order valence-electron chi connectivity index (χ3n) is 4.49. The Morgan fingerprint density at radius 1 is 1.00 bits per heavy atom. The molecule has 2 atom stereocenters. The predicted molar refractivity (Wildman–Crippen MR) is 81.6 cm³/mol. The summed E-state index contributed by atoms with van der Waals surface area (Å²) in [6, 6.07) is 20.3. The van der Waals surface area contributed by atoms with Crippen molar-refractivity contribution in [1.29, 1.82) is 0 Å². The monoisotopic (exact) mass is 251 g/mol. The van der Waals surface area contributed by atoms with Crippen molar-refractivity contribution in [2.24, 2.45) is 5.92 Å². The summed E-state index contributed by atoms with van der Waals surface area (Å²) in [5.74, 6) is 0.697. The molecule has 0 aromatic heterocycles. The van der Waals surface area contributed by atoms with Crippen LogP contribution in [0.25, 0.3) is 0 Å². The molecule has 0 spiro atoms. The van der Waals surface area contributed by atoms with Gasteiger partial charge in [0.25, 0.3) is 0 Å². The molecule has 0 amide bonds. The molecule has 19 heavy (non-hydrogen) atoms. The van der Waals surface area contributed by atoms with Gasteiger partial charge in [-0.1, -0.05) is 48.5 Å². The number of rotatable bonds is 2. The zero-order valence-corrected chi connectivity index (χ0v) is 11.7. The van der Waals surface area contributed by atoms with E-state index in [0.717, 1.165) is 0 Å². The van der Waals surface area contributed by atoms with Crippen LogP contribution in [0.1, 0.15) is 18.1 Å². The lowest BCUT2D eigenvalue weighted by molar-refractivity contribution is 0.406. The van der Waals surface area contributed by atoms with E-state index in [4.69, 9.17) is 0 Å². The lowest BCUT2D eigenvalue weighted by Gasteiger charge is -2.40. The van der Waals surface area contributed by atoms with Crippen molar-refractivity contribution in [3.63, 3.8) is 0 Å². The molecule has 1 aliphatic rings. The second-order valence-electron chi connectivity index (χ2n) is 5.63. The Bertz CT molecular complexity index is 547. The van der Waals surface area contributed by atoms with Crippen LogP contribution in [0.5, 0.6) is 0 Å². The fraction of sp³-hybridized carbons (Fsp3) is 0.333. The maximum Gasteiger partial charge on any atom is 0.0398 e. The second-order valence-corrected chi connectivity index (χ2v) is 5.63. The highest BCUT2D eigenvalue weighted by molar-refractivity contribution is 5.56. The molecule has 0 aliphatic carbocycles. The highest BCUT2D eigenvalue weighted by Gasteiger charge is 2.28. The van der Waals surface area contributed by atoms with Gasteiger partial charge in [0.2, 0.25) is 0 Å². The van der Waals surface area contributed by atoms with Gasteiger partial charge in [0.15, 0.2) is 0 Å². The Morgan fingerprint density at radius 2 is 1.68 bits per heavy atom. The average molecular weight is 251 g/mol. The summed E-state index contributed by atoms with van der Waals surface area (Å²) in [5.41, 5.74) is 4.34. The van der Waals surface area contributed by atoms with Crippen LogP contribution in [0.2, 0.25) is 0 Å². The molecule has 0 fully saturated rings. The van der Waals surface area contributed by atoms with Crippen LogP contribution in [-0.2, 0) is 12.8 Å². The lowest BCUT2D eigenvalue weighted by Crippen LogP contribution is -2.41. The maximum atomic E-state index is 2.44. The van der Waals surface area contributed by atoms with Gasteiger partial charge in [0.05, 0.1) is 0 Å². The Labute approximate surface area is 115 Å². The van der Waals surface area contributed by atoms with Gasteiger partial charge in [0.1, 0.15) is 0 Å². The zero-order valence-electron chi connectivity index (χ0n) is 11.7. The van der Waals surface area contributed by atoms with E-state index in [2.05, 4.69) is 73.5 Å². The number of hydrogen-bond acceptors (Lipinski definition) is 1. The van der Waals surface area contributed by atoms with Crippen molar-refractivity contribution in [2.75, 3.05) is 11.9 Å². The van der Waals surface area contributed by atoms with Crippen LogP contribution in [0.3, 0.4) is 0 Å². The minimum Gasteiger partial charge on any atom is -0.371 e. The SMILES string of the molecule is CC1C(Cc2ccccc2)Cc2ccccc2N1C. The molecule has 0 N–H and O–H groups in total. The molecule has 0 bridgehead atoms. The van der Waals surface area contributed by atoms with Crippen LogP contribution in [0, 0.1) is 5.92 Å². The van der Waals surface area contributed by atoms with Gasteiger partial charge in [-0.25, -0.2) is 0 Å². The third kappa shape index (κ3) is 2.37. The highest BCUT2D eigenvalue weighted by atomic mass is 15.1. The molecule has 2 aromatic carbocycles. The Kier molecular flexibility index (Phi) is 3.29. The van der Waals surface area contributed by atoms with Crippen molar-refractivity contribution in [3.05, 3.63) is 65.7 Å². The Morgan fingerprint density at radius 3 is 2.47 bits per heavy atom. The number of nitrogens with zero attached hydrogens (tertiary/aromatic N) is 1. The van der Waals surface area contributed by atoms with Gasteiger partial charge in [-0.05, 0) is 42.9 Å². The van der Waals surface area contributed by atoms with E-state index in [1.807, 2.05) is 0 Å². The molecule has 1 nitrogen and oxygen atoms in total. The van der Waals surface area contributed by atoms with Crippen molar-refractivity contribution in [2.45, 2.75) is 25.8 Å². The van der Waals surface area contributed by atoms with Crippen LogP contribution >= 0.6 is 0 Å². The first-order valence-electron chi connectivity index (χ1n) is 7.10. The van der Waals surface area contributed by atoms with Gasteiger partial charge in [0, 0.05) is 18.8 Å². The zero-order chi connectivity index (χ0) is 13.2. The van der Waals surface area contributed by atoms with E-state index in [1.54, 1.807) is 0 Å². The summed E-state index contributed by atoms with van der Waals surface area (Å²) >= 11 is 0. The number of fused-ring (bicyclic) bond motifs is 1. The van der Waals surface area contributed by atoms with E-state index in [1.165, 1.54) is 29.7 Å². The first kappa shape index (κ1) is 12.3. The van der Waals surface area contributed by atoms with Crippen molar-refractivity contribution < 1.29 is 0 Å². The quantitative estimate of drug-likeness (QED) is 0.782. The average Bonchev–Trinajstić information content (AvgIpc) is 2.46. The first-order chi connectivity index (χ1) is 9.25. The normalized spacial score (nSPS) is 22.1. The maximum absolute atomic E-state index is 2.44. The van der Waals surface area contributed by atoms with Crippen LogP contribution in [0.15, 0.2) is 54.6 Å². The van der Waals surface area contributed by atoms with Crippen molar-refractivity contribution >= 4 is 5.69 Å². The lowest BCUT2D eigenvalue weighted by atomic mass is 9.83. The molecule has 0 saturated carbocycles. The summed E-state index contributed by atoms with van der Waals surface area (Å²) < 4.78 is 0. The summed E-state index contributed by atoms with van der Waals surface area (Å²) in [6.07, 6.45) is 2.36. The van der Waals surface area contributed by atoms with E-state index >= 15 is 0 Å². The molecule has 2 aromatic rings. The number of anilines is 1. The number of hydrogen-bond donors (Lipinski definition) is 0. The van der Waals surface area contributed by atoms with Crippen molar-refractivity contribution in [3.8, 4) is 0 Å². The van der Waals surface area contributed by atoms with Gasteiger partial charge >= 0.3 is 0 Å². The third-order valence-corrected chi connectivity index (χ3v) is 4.49. The molecule has 0 saturated heterocycles. The van der Waals surface area contributed by atoms with Crippen LogP contribution in [0.4, 0.5) is 5.69 Å². The second kappa shape index (κ2) is 5.08. The smallest absolute Gasteiger partial charge is 0.0398 e. The summed E-state index contributed by atoms with van der Waals surface area (Å²) in [4.78, 5) is 2.44. The van der Waals surface area contributed by atoms with Gasteiger partial charge in [-0.2, -0.15) is 0 Å². The van der Waals surface area contributed by atoms with Gasteiger partial charge in [-0.15, -0.1) is 0 Å². The fourth-order valence-electron chi connectivity index (χ4n) is 3.18. The molecule has 1 heterocycles. The molecule has 1 aliphatic heterocycles. The van der Waals surface area contributed by atoms with Crippen molar-refractivity contribution in [1.82, 2.24) is 0 Å². The Hall–Kier alpha value is -1.76. The van der Waals surface area contributed by atoms with E-state index in [-0.39, 0.29) is 0 Å². The summed E-state index contributed by atoms with van der Waals surface area (Å²) in [7, 11) is 2.22. The molecular formula is C18H21N. The van der Waals surface area contributed by atoms with E-state index < -0.39 is 0 Å². The molecule has 1 heteroatoms. The van der Waals surface area contributed by atoms with Gasteiger partial charge in [-0.3, -0.25) is 0 Å². The first-order valence-corrected chi connectivity index (χ1v) is 7.10.